The highest BCUT2D eigenvalue weighted by Gasteiger charge is 2.47. The predicted molar refractivity (Wildman–Crippen MR) is 90.2 cm³/mol. The van der Waals surface area contributed by atoms with Gasteiger partial charge in [-0.05, 0) is 31.0 Å². The molecule has 24 heavy (non-hydrogen) atoms. The largest absolute Gasteiger partial charge is 0.339 e. The van der Waals surface area contributed by atoms with Gasteiger partial charge in [-0.2, -0.15) is 0 Å². The van der Waals surface area contributed by atoms with Crippen LogP contribution >= 0.6 is 0 Å². The molecule has 1 aliphatic heterocycles. The van der Waals surface area contributed by atoms with Gasteiger partial charge < -0.3 is 9.47 Å². The Kier molecular flexibility index (Phi) is 3.84. The van der Waals surface area contributed by atoms with E-state index in [9.17, 15) is 4.79 Å². The molecule has 0 radical (unpaired) electrons. The number of imidazole rings is 1. The van der Waals surface area contributed by atoms with E-state index < -0.39 is 0 Å². The van der Waals surface area contributed by atoms with Crippen molar-refractivity contribution < 1.29 is 4.79 Å². The first kappa shape index (κ1) is 15.3. The van der Waals surface area contributed by atoms with Gasteiger partial charge in [-0.25, -0.2) is 4.98 Å². The highest BCUT2D eigenvalue weighted by molar-refractivity contribution is 5.83. The maximum Gasteiger partial charge on any atom is 0.226 e. The quantitative estimate of drug-likeness (QED) is 0.857. The Bertz CT molecular complexity index is 728. The standard InChI is InChI=1S/C18H23N5O/c1-21-8-9-23(12-16(21)17-20-6-7-22(17)2)18(24)15-10-14(15)13-4-3-5-19-11-13/h3-7,11,14-16H,8-10,12H2,1-2H3/t14-,15-,16+/m1/s1. The summed E-state index contributed by atoms with van der Waals surface area (Å²) in [6, 6.07) is 4.19. The molecule has 1 aliphatic carbocycles. The fraction of sp³-hybridized carbons (Fsp3) is 0.500. The van der Waals surface area contributed by atoms with E-state index in [0.29, 0.717) is 5.92 Å². The number of aryl methyl sites for hydroxylation is 1. The maximum atomic E-state index is 12.9. The number of hydrogen-bond donors (Lipinski definition) is 0. The van der Waals surface area contributed by atoms with Crippen LogP contribution in [0.5, 0.6) is 0 Å². The minimum absolute atomic E-state index is 0.125. The summed E-state index contributed by atoms with van der Waals surface area (Å²) in [6.07, 6.45) is 8.40. The van der Waals surface area contributed by atoms with E-state index in [1.807, 2.05) is 41.2 Å². The van der Waals surface area contributed by atoms with Crippen molar-refractivity contribution in [2.45, 2.75) is 18.4 Å². The summed E-state index contributed by atoms with van der Waals surface area (Å²) < 4.78 is 2.05. The smallest absolute Gasteiger partial charge is 0.226 e. The van der Waals surface area contributed by atoms with Crippen LogP contribution in [-0.4, -0.2) is 56.9 Å². The van der Waals surface area contributed by atoms with E-state index in [1.54, 1.807) is 6.20 Å². The Balaban J connectivity index is 1.45. The number of carbonyl (C=O) groups excluding carboxylic acids is 1. The number of likely N-dealkylation sites (N-methyl/N-ethyl adjacent to an activating group) is 1. The van der Waals surface area contributed by atoms with Crippen molar-refractivity contribution in [3.8, 4) is 0 Å². The number of carbonyl (C=O) groups is 1. The van der Waals surface area contributed by atoms with Crippen molar-refractivity contribution in [3.63, 3.8) is 0 Å². The van der Waals surface area contributed by atoms with Gasteiger partial charge >= 0.3 is 0 Å². The topological polar surface area (TPSA) is 54.3 Å². The molecule has 6 nitrogen and oxygen atoms in total. The summed E-state index contributed by atoms with van der Waals surface area (Å²) in [5.74, 6) is 1.78. The van der Waals surface area contributed by atoms with Crippen molar-refractivity contribution in [3.05, 3.63) is 48.3 Å². The van der Waals surface area contributed by atoms with E-state index in [1.165, 1.54) is 5.56 Å². The van der Waals surface area contributed by atoms with Crippen LogP contribution < -0.4 is 0 Å². The number of hydrogen-bond acceptors (Lipinski definition) is 4. The van der Waals surface area contributed by atoms with Crippen LogP contribution in [-0.2, 0) is 11.8 Å². The van der Waals surface area contributed by atoms with E-state index in [0.717, 1.165) is 31.9 Å². The minimum Gasteiger partial charge on any atom is -0.339 e. The molecule has 2 fully saturated rings. The zero-order valence-corrected chi connectivity index (χ0v) is 14.2. The average molecular weight is 325 g/mol. The Labute approximate surface area is 142 Å². The minimum atomic E-state index is 0.125. The van der Waals surface area contributed by atoms with Gasteiger partial charge in [-0.15, -0.1) is 0 Å². The molecule has 0 N–H and O–H groups in total. The first-order chi connectivity index (χ1) is 11.6. The zero-order chi connectivity index (χ0) is 16.7. The highest BCUT2D eigenvalue weighted by Crippen LogP contribution is 2.48. The average Bonchev–Trinajstić information content (AvgIpc) is 3.30. The molecule has 1 amide bonds. The maximum absolute atomic E-state index is 12.9. The van der Waals surface area contributed by atoms with Gasteiger partial charge in [0.15, 0.2) is 0 Å². The molecule has 1 saturated heterocycles. The Morgan fingerprint density at radius 2 is 2.12 bits per heavy atom. The van der Waals surface area contributed by atoms with Crippen LogP contribution in [0.2, 0.25) is 0 Å². The second kappa shape index (κ2) is 6.02. The summed E-state index contributed by atoms with van der Waals surface area (Å²) in [7, 11) is 4.12. The van der Waals surface area contributed by atoms with Gasteiger partial charge in [-0.3, -0.25) is 14.7 Å². The second-order valence-electron chi connectivity index (χ2n) is 6.91. The Morgan fingerprint density at radius 1 is 1.25 bits per heavy atom. The van der Waals surface area contributed by atoms with E-state index in [2.05, 4.69) is 28.0 Å². The molecule has 0 spiro atoms. The van der Waals surface area contributed by atoms with Crippen LogP contribution in [0.3, 0.4) is 0 Å². The number of pyridine rings is 1. The molecule has 0 bridgehead atoms. The SMILES string of the molecule is CN1CCN(C(=O)[C@@H]2C[C@@H]2c2cccnc2)C[C@H]1c1nccn1C. The van der Waals surface area contributed by atoms with Crippen LogP contribution in [0.25, 0.3) is 0 Å². The van der Waals surface area contributed by atoms with Crippen molar-refractivity contribution in [1.29, 1.82) is 0 Å². The highest BCUT2D eigenvalue weighted by atomic mass is 16.2. The van der Waals surface area contributed by atoms with Gasteiger partial charge in [0.2, 0.25) is 5.91 Å². The lowest BCUT2D eigenvalue weighted by atomic mass is 10.1. The van der Waals surface area contributed by atoms with Crippen LogP contribution in [0.1, 0.15) is 29.8 Å². The fourth-order valence-corrected chi connectivity index (χ4v) is 3.72. The second-order valence-corrected chi connectivity index (χ2v) is 6.91. The fourth-order valence-electron chi connectivity index (χ4n) is 3.72. The Morgan fingerprint density at radius 3 is 2.83 bits per heavy atom. The Hall–Kier alpha value is -2.21. The third kappa shape index (κ3) is 2.71. The molecule has 126 valence electrons. The first-order valence-corrected chi connectivity index (χ1v) is 8.51. The molecule has 0 aromatic carbocycles. The van der Waals surface area contributed by atoms with E-state index >= 15 is 0 Å². The molecule has 6 heteroatoms. The molecule has 1 saturated carbocycles. The van der Waals surface area contributed by atoms with E-state index in [-0.39, 0.29) is 17.9 Å². The number of nitrogens with zero attached hydrogens (tertiary/aromatic N) is 5. The van der Waals surface area contributed by atoms with Gasteiger partial charge in [0.25, 0.3) is 0 Å². The van der Waals surface area contributed by atoms with Gasteiger partial charge in [0.1, 0.15) is 5.82 Å². The molecule has 3 atom stereocenters. The molecule has 3 heterocycles. The number of amides is 1. The molecule has 4 rings (SSSR count). The summed E-state index contributed by atoms with van der Waals surface area (Å²) in [5, 5.41) is 0. The lowest BCUT2D eigenvalue weighted by Crippen LogP contribution is -2.50. The molecule has 2 aromatic heterocycles. The summed E-state index contributed by atoms with van der Waals surface area (Å²) in [4.78, 5) is 25.9. The van der Waals surface area contributed by atoms with Crippen molar-refractivity contribution >= 4 is 5.91 Å². The molecule has 2 aromatic rings. The van der Waals surface area contributed by atoms with Gasteiger partial charge in [0.05, 0.1) is 6.04 Å². The van der Waals surface area contributed by atoms with Gasteiger partial charge in [-0.1, -0.05) is 6.07 Å². The molecule has 2 aliphatic rings. The zero-order valence-electron chi connectivity index (χ0n) is 14.2. The lowest BCUT2D eigenvalue weighted by Gasteiger charge is -2.39. The number of aromatic nitrogens is 3. The number of piperazine rings is 1. The lowest BCUT2D eigenvalue weighted by molar-refractivity contribution is -0.135. The monoisotopic (exact) mass is 325 g/mol. The van der Waals surface area contributed by atoms with Crippen LogP contribution in [0.15, 0.2) is 36.9 Å². The molecular weight excluding hydrogens is 302 g/mol. The van der Waals surface area contributed by atoms with Crippen LogP contribution in [0, 0.1) is 5.92 Å². The first-order valence-electron chi connectivity index (χ1n) is 8.51. The van der Waals surface area contributed by atoms with Gasteiger partial charge in [0, 0.05) is 57.4 Å². The van der Waals surface area contributed by atoms with E-state index in [4.69, 9.17) is 0 Å². The molecular formula is C18H23N5O. The van der Waals surface area contributed by atoms with Crippen molar-refractivity contribution in [2.75, 3.05) is 26.7 Å². The molecule has 0 unspecified atom stereocenters. The van der Waals surface area contributed by atoms with Crippen molar-refractivity contribution in [2.24, 2.45) is 13.0 Å². The third-order valence-corrected chi connectivity index (χ3v) is 5.34. The normalized spacial score (nSPS) is 27.2. The number of rotatable bonds is 3. The van der Waals surface area contributed by atoms with Crippen LogP contribution in [0.4, 0.5) is 0 Å². The van der Waals surface area contributed by atoms with Crippen molar-refractivity contribution in [1.82, 2.24) is 24.3 Å². The summed E-state index contributed by atoms with van der Waals surface area (Å²) in [5.41, 5.74) is 1.19. The predicted octanol–water partition coefficient (Wildman–Crippen LogP) is 1.43. The third-order valence-electron chi connectivity index (χ3n) is 5.34. The summed E-state index contributed by atoms with van der Waals surface area (Å²) in [6.45, 7) is 2.40. The summed E-state index contributed by atoms with van der Waals surface area (Å²) >= 11 is 0.